The van der Waals surface area contributed by atoms with Crippen LogP contribution in [0.5, 0.6) is 5.75 Å². The molecule has 4 nitrogen and oxygen atoms in total. The highest BCUT2D eigenvalue weighted by Crippen LogP contribution is 2.31. The number of hydrogen-bond donors (Lipinski definition) is 0. The smallest absolute Gasteiger partial charge is 0.191 e. The van der Waals surface area contributed by atoms with Crippen LogP contribution in [0.4, 0.5) is 4.39 Å². The Morgan fingerprint density at radius 1 is 1.25 bits per heavy atom. The molecule has 0 bridgehead atoms. The number of hydrogen-bond acceptors (Lipinski definition) is 4. The first kappa shape index (κ1) is 20.4. The van der Waals surface area contributed by atoms with Crippen LogP contribution in [0.25, 0.3) is 0 Å². The van der Waals surface area contributed by atoms with Gasteiger partial charge < -0.3 is 4.74 Å². The fraction of sp³-hybridized carbons (Fsp3) is 0.238. The number of halogens is 2. The molecule has 28 heavy (non-hydrogen) atoms. The lowest BCUT2D eigenvalue weighted by Crippen LogP contribution is -2.12. The molecular formula is C21H21ClFN3OS. The molecule has 0 spiro atoms. The Bertz CT molecular complexity index is 959. The number of allylic oxidation sites excluding steroid dienone is 1. The van der Waals surface area contributed by atoms with Gasteiger partial charge in [0.05, 0.1) is 5.02 Å². The number of thioether (sulfide) groups is 1. The molecule has 0 aliphatic heterocycles. The molecule has 1 heterocycles. The van der Waals surface area contributed by atoms with E-state index >= 15 is 0 Å². The Hall–Kier alpha value is -2.31. The maximum absolute atomic E-state index is 13.2. The van der Waals surface area contributed by atoms with E-state index < -0.39 is 11.9 Å². The minimum Gasteiger partial charge on any atom is -0.481 e. The maximum Gasteiger partial charge on any atom is 0.191 e. The first-order valence-electron chi connectivity index (χ1n) is 8.82. The van der Waals surface area contributed by atoms with Crippen molar-refractivity contribution < 1.29 is 9.13 Å². The summed E-state index contributed by atoms with van der Waals surface area (Å²) in [6.45, 7) is 8.31. The van der Waals surface area contributed by atoms with Crippen molar-refractivity contribution in [1.82, 2.24) is 14.8 Å². The molecule has 1 unspecified atom stereocenters. The van der Waals surface area contributed by atoms with Gasteiger partial charge in [0.15, 0.2) is 17.1 Å². The summed E-state index contributed by atoms with van der Waals surface area (Å²) < 4.78 is 21.1. The topological polar surface area (TPSA) is 39.9 Å². The predicted molar refractivity (Wildman–Crippen MR) is 111 cm³/mol. The van der Waals surface area contributed by atoms with Gasteiger partial charge in [-0.05, 0) is 37.6 Å². The molecule has 7 heteroatoms. The average molecular weight is 418 g/mol. The molecule has 0 saturated carbocycles. The molecule has 3 aromatic rings. The van der Waals surface area contributed by atoms with Crippen LogP contribution in [-0.2, 0) is 12.3 Å². The van der Waals surface area contributed by atoms with Gasteiger partial charge >= 0.3 is 0 Å². The zero-order valence-electron chi connectivity index (χ0n) is 15.7. The van der Waals surface area contributed by atoms with Crippen LogP contribution in [0, 0.1) is 12.7 Å². The van der Waals surface area contributed by atoms with Crippen LogP contribution in [0.2, 0.25) is 5.02 Å². The largest absolute Gasteiger partial charge is 0.481 e. The highest BCUT2D eigenvalue weighted by atomic mass is 35.5. The standard InChI is InChI=1S/C21H21ClFN3OS/c1-4-11-26-20(15(3)27-19-10-9-17(23)12-18(19)22)24-25-21(26)28-13-16-7-5-14(2)6-8-16/h4-10,12,15H,1,11,13H2,2-3H3. The third-order valence-electron chi connectivity index (χ3n) is 4.11. The van der Waals surface area contributed by atoms with Crippen molar-refractivity contribution >= 4 is 23.4 Å². The summed E-state index contributed by atoms with van der Waals surface area (Å²) in [6, 6.07) is 12.5. The van der Waals surface area contributed by atoms with E-state index in [0.29, 0.717) is 18.1 Å². The number of benzene rings is 2. The normalized spacial score (nSPS) is 12.0. The fourth-order valence-electron chi connectivity index (χ4n) is 2.65. The van der Waals surface area contributed by atoms with Crippen LogP contribution in [-0.4, -0.2) is 14.8 Å². The summed E-state index contributed by atoms with van der Waals surface area (Å²) in [4.78, 5) is 0. The zero-order valence-corrected chi connectivity index (χ0v) is 17.3. The van der Waals surface area contributed by atoms with Gasteiger partial charge in [-0.1, -0.05) is 59.3 Å². The first-order chi connectivity index (χ1) is 13.5. The van der Waals surface area contributed by atoms with Crippen molar-refractivity contribution in [3.8, 4) is 5.75 Å². The van der Waals surface area contributed by atoms with Gasteiger partial charge in [0.2, 0.25) is 0 Å². The first-order valence-corrected chi connectivity index (χ1v) is 10.2. The third-order valence-corrected chi connectivity index (χ3v) is 5.44. The van der Waals surface area contributed by atoms with E-state index in [-0.39, 0.29) is 5.02 Å². The Morgan fingerprint density at radius 3 is 2.68 bits per heavy atom. The van der Waals surface area contributed by atoms with E-state index in [4.69, 9.17) is 16.3 Å². The molecule has 0 aliphatic carbocycles. The molecule has 1 aromatic heterocycles. The Balaban J connectivity index is 1.77. The summed E-state index contributed by atoms with van der Waals surface area (Å²) in [7, 11) is 0. The van der Waals surface area contributed by atoms with Crippen molar-refractivity contribution in [3.05, 3.63) is 82.9 Å². The van der Waals surface area contributed by atoms with Gasteiger partial charge in [-0.3, -0.25) is 4.57 Å². The van der Waals surface area contributed by atoms with Crippen molar-refractivity contribution in [2.75, 3.05) is 0 Å². The van der Waals surface area contributed by atoms with Crippen molar-refractivity contribution in [2.24, 2.45) is 0 Å². The molecule has 0 radical (unpaired) electrons. The minimum absolute atomic E-state index is 0.218. The molecule has 0 fully saturated rings. The number of aryl methyl sites for hydroxylation is 1. The molecule has 0 saturated heterocycles. The Kier molecular flexibility index (Phi) is 6.75. The number of rotatable bonds is 8. The van der Waals surface area contributed by atoms with Crippen LogP contribution in [0.15, 0.2) is 60.3 Å². The minimum atomic E-state index is -0.413. The van der Waals surface area contributed by atoms with Gasteiger partial charge in [-0.2, -0.15) is 0 Å². The van der Waals surface area contributed by atoms with Crippen LogP contribution in [0.1, 0.15) is 30.0 Å². The monoisotopic (exact) mass is 417 g/mol. The molecule has 0 N–H and O–H groups in total. The molecule has 0 aliphatic rings. The summed E-state index contributed by atoms with van der Waals surface area (Å²) in [5.41, 5.74) is 2.45. The second-order valence-electron chi connectivity index (χ2n) is 6.35. The van der Waals surface area contributed by atoms with Crippen molar-refractivity contribution in [2.45, 2.75) is 37.4 Å². The number of ether oxygens (including phenoxy) is 1. The summed E-state index contributed by atoms with van der Waals surface area (Å²) in [5.74, 6) is 1.44. The number of aromatic nitrogens is 3. The second kappa shape index (κ2) is 9.26. The van der Waals surface area contributed by atoms with Gasteiger partial charge in [-0.25, -0.2) is 4.39 Å². The van der Waals surface area contributed by atoms with Crippen LogP contribution in [0.3, 0.4) is 0 Å². The predicted octanol–water partition coefficient (Wildman–Crippen LogP) is 6.00. The maximum atomic E-state index is 13.2. The summed E-state index contributed by atoms with van der Waals surface area (Å²) in [5, 5.41) is 9.63. The lowest BCUT2D eigenvalue weighted by Gasteiger charge is -2.16. The molecule has 2 aromatic carbocycles. The van der Waals surface area contributed by atoms with Crippen LogP contribution >= 0.6 is 23.4 Å². The van der Waals surface area contributed by atoms with Gasteiger partial charge in [-0.15, -0.1) is 16.8 Å². The van der Waals surface area contributed by atoms with E-state index in [2.05, 4.69) is 48.0 Å². The van der Waals surface area contributed by atoms with Crippen molar-refractivity contribution in [3.63, 3.8) is 0 Å². The SMILES string of the molecule is C=CCn1c(SCc2ccc(C)cc2)nnc1C(C)Oc1ccc(F)cc1Cl. The average Bonchev–Trinajstić information content (AvgIpc) is 3.07. The molecule has 3 rings (SSSR count). The molecule has 146 valence electrons. The Morgan fingerprint density at radius 2 is 2.00 bits per heavy atom. The van der Waals surface area contributed by atoms with Crippen LogP contribution < -0.4 is 4.74 Å². The lowest BCUT2D eigenvalue weighted by atomic mass is 10.2. The summed E-state index contributed by atoms with van der Waals surface area (Å²) in [6.07, 6.45) is 1.38. The molecule has 1 atom stereocenters. The third kappa shape index (κ3) is 4.94. The molecule has 0 amide bonds. The fourth-order valence-corrected chi connectivity index (χ4v) is 3.78. The van der Waals surface area contributed by atoms with E-state index in [1.807, 2.05) is 11.5 Å². The lowest BCUT2D eigenvalue weighted by molar-refractivity contribution is 0.210. The summed E-state index contributed by atoms with van der Waals surface area (Å²) >= 11 is 7.67. The quantitative estimate of drug-likeness (QED) is 0.333. The number of nitrogens with zero attached hydrogens (tertiary/aromatic N) is 3. The highest BCUT2D eigenvalue weighted by molar-refractivity contribution is 7.98. The van der Waals surface area contributed by atoms with E-state index in [1.54, 1.807) is 17.8 Å². The van der Waals surface area contributed by atoms with E-state index in [0.717, 1.165) is 10.9 Å². The van der Waals surface area contributed by atoms with E-state index in [9.17, 15) is 4.39 Å². The Labute approximate surface area is 173 Å². The second-order valence-corrected chi connectivity index (χ2v) is 7.70. The van der Waals surface area contributed by atoms with E-state index in [1.165, 1.54) is 29.3 Å². The van der Waals surface area contributed by atoms with Gasteiger partial charge in [0.1, 0.15) is 11.6 Å². The molecular weight excluding hydrogens is 397 g/mol. The van der Waals surface area contributed by atoms with Crippen molar-refractivity contribution in [1.29, 1.82) is 0 Å². The van der Waals surface area contributed by atoms with Gasteiger partial charge in [0, 0.05) is 12.3 Å². The highest BCUT2D eigenvalue weighted by Gasteiger charge is 2.20. The van der Waals surface area contributed by atoms with Gasteiger partial charge in [0.25, 0.3) is 0 Å². The zero-order chi connectivity index (χ0) is 20.1.